The van der Waals surface area contributed by atoms with E-state index >= 15 is 0 Å². The van der Waals surface area contributed by atoms with Gasteiger partial charge in [0.05, 0.1) is 5.56 Å². The third-order valence-electron chi connectivity index (χ3n) is 1.55. The molecule has 74 valence electrons. The van der Waals surface area contributed by atoms with Gasteiger partial charge in [0.25, 0.3) is 6.26 Å². The molecule has 0 aliphatic carbocycles. The smallest absolute Gasteiger partial charge is 0.347 e. The molecule has 0 radical (unpaired) electrons. The Morgan fingerprint density at radius 3 is 2.47 bits per heavy atom. The van der Waals surface area contributed by atoms with Gasteiger partial charge in [-0.25, -0.2) is 4.79 Å². The first-order valence-electron chi connectivity index (χ1n) is 3.64. The highest BCUT2D eigenvalue weighted by molar-refractivity contribution is 5.92. The van der Waals surface area contributed by atoms with Crippen molar-refractivity contribution in [2.75, 3.05) is 0 Å². The van der Waals surface area contributed by atoms with Crippen LogP contribution < -0.4 is 0 Å². The fourth-order valence-electron chi connectivity index (χ4n) is 0.901. The lowest BCUT2D eigenvalue weighted by Gasteiger charge is -1.97. The van der Waals surface area contributed by atoms with Gasteiger partial charge in [-0.3, -0.25) is 0 Å². The molecule has 0 aliphatic heterocycles. The van der Waals surface area contributed by atoms with Crippen molar-refractivity contribution >= 4 is 17.3 Å². The van der Waals surface area contributed by atoms with Gasteiger partial charge in [-0.05, 0) is 28.6 Å². The summed E-state index contributed by atoms with van der Waals surface area (Å²) < 4.78 is 4.02. The summed E-state index contributed by atoms with van der Waals surface area (Å²) in [4.78, 5) is 31.4. The van der Waals surface area contributed by atoms with E-state index in [1.54, 1.807) is 0 Å². The van der Waals surface area contributed by atoms with E-state index in [0.717, 1.165) is 12.1 Å². The number of rotatable bonds is 3. The molecular formula is C8H3N3O4. The second-order valence-corrected chi connectivity index (χ2v) is 2.37. The number of ether oxygens (including phenoxy) is 1. The van der Waals surface area contributed by atoms with Gasteiger partial charge < -0.3 is 4.74 Å². The largest absolute Gasteiger partial charge is 0.353 e. The van der Waals surface area contributed by atoms with Crippen molar-refractivity contribution in [3.05, 3.63) is 33.6 Å². The lowest BCUT2D eigenvalue weighted by atomic mass is 10.2. The monoisotopic (exact) mass is 205 g/mol. The summed E-state index contributed by atoms with van der Waals surface area (Å²) in [6.07, 6.45) is 1.19. The summed E-state index contributed by atoms with van der Waals surface area (Å²) in [5, 5.41) is 13.1. The number of carbonyl (C=O) groups excluding carboxylic acids is 1. The van der Waals surface area contributed by atoms with Gasteiger partial charge in [-0.1, -0.05) is 0 Å². The van der Waals surface area contributed by atoms with Gasteiger partial charge >= 0.3 is 5.97 Å². The molecule has 0 heterocycles. The van der Waals surface area contributed by atoms with Gasteiger partial charge in [0.15, 0.2) is 0 Å². The highest BCUT2D eigenvalue weighted by Gasteiger charge is 2.11. The maximum Gasteiger partial charge on any atom is 0.353 e. The SMILES string of the molecule is N#COC(=O)c1ccc(N=O)c(N=O)c1. The topological polar surface area (TPSA) is 109 Å². The Morgan fingerprint density at radius 1 is 1.27 bits per heavy atom. The first-order valence-corrected chi connectivity index (χ1v) is 3.64. The van der Waals surface area contributed by atoms with Gasteiger partial charge in [0, 0.05) is 0 Å². The highest BCUT2D eigenvalue weighted by atomic mass is 16.5. The first-order chi connectivity index (χ1) is 7.22. The van der Waals surface area contributed by atoms with Crippen molar-refractivity contribution in [2.45, 2.75) is 0 Å². The number of benzene rings is 1. The van der Waals surface area contributed by atoms with Crippen LogP contribution in [0.25, 0.3) is 0 Å². The van der Waals surface area contributed by atoms with Crippen molar-refractivity contribution in [1.82, 2.24) is 0 Å². The number of esters is 1. The summed E-state index contributed by atoms with van der Waals surface area (Å²) in [5.74, 6) is -0.931. The van der Waals surface area contributed by atoms with E-state index in [2.05, 4.69) is 15.1 Å². The van der Waals surface area contributed by atoms with Crippen molar-refractivity contribution in [3.8, 4) is 6.26 Å². The van der Waals surface area contributed by atoms with Crippen molar-refractivity contribution in [1.29, 1.82) is 5.26 Å². The Labute approximate surface area is 83.2 Å². The molecule has 7 nitrogen and oxygen atoms in total. The summed E-state index contributed by atoms with van der Waals surface area (Å²) in [6, 6.07) is 3.35. The highest BCUT2D eigenvalue weighted by Crippen LogP contribution is 2.28. The second kappa shape index (κ2) is 4.57. The van der Waals surface area contributed by atoms with Crippen LogP contribution in [0.1, 0.15) is 10.4 Å². The fraction of sp³-hybridized carbons (Fsp3) is 0. The zero-order chi connectivity index (χ0) is 11.3. The van der Waals surface area contributed by atoms with Crippen LogP contribution in [0.5, 0.6) is 0 Å². The van der Waals surface area contributed by atoms with Crippen LogP contribution in [-0.4, -0.2) is 5.97 Å². The van der Waals surface area contributed by atoms with Crippen LogP contribution in [-0.2, 0) is 4.74 Å². The predicted molar refractivity (Wildman–Crippen MR) is 48.4 cm³/mol. The van der Waals surface area contributed by atoms with Crippen LogP contribution in [0.4, 0.5) is 11.4 Å². The van der Waals surface area contributed by atoms with E-state index in [9.17, 15) is 14.6 Å². The van der Waals surface area contributed by atoms with Crippen LogP contribution in [0, 0.1) is 21.3 Å². The molecule has 0 spiro atoms. The maximum absolute atomic E-state index is 11.0. The van der Waals surface area contributed by atoms with E-state index < -0.39 is 5.97 Å². The molecule has 7 heteroatoms. The molecule has 0 bridgehead atoms. The van der Waals surface area contributed by atoms with Crippen LogP contribution in [0.3, 0.4) is 0 Å². The zero-order valence-corrected chi connectivity index (χ0v) is 7.21. The number of hydrogen-bond acceptors (Lipinski definition) is 7. The minimum Gasteiger partial charge on any atom is -0.347 e. The Balaban J connectivity index is 3.14. The number of nitrogens with zero attached hydrogens (tertiary/aromatic N) is 3. The Kier molecular flexibility index (Phi) is 3.19. The molecule has 0 fully saturated rings. The van der Waals surface area contributed by atoms with Gasteiger partial charge in [0.1, 0.15) is 11.4 Å². The number of nitroso groups, excluding NO2 is 2. The molecule has 0 aliphatic rings. The summed E-state index contributed by atoms with van der Waals surface area (Å²) >= 11 is 0. The van der Waals surface area contributed by atoms with Gasteiger partial charge in [-0.2, -0.15) is 0 Å². The Hall–Kier alpha value is -2.62. The standard InChI is InChI=1S/C8H3N3O4/c9-4-15-8(12)5-1-2-6(10-13)7(3-5)11-14/h1-3H. The second-order valence-electron chi connectivity index (χ2n) is 2.37. The van der Waals surface area contributed by atoms with Crippen molar-refractivity contribution < 1.29 is 9.53 Å². The third kappa shape index (κ3) is 2.19. The normalized spacial score (nSPS) is 8.73. The average molecular weight is 205 g/mol. The summed E-state index contributed by atoms with van der Waals surface area (Å²) in [7, 11) is 0. The molecule has 0 amide bonds. The zero-order valence-electron chi connectivity index (χ0n) is 7.21. The average Bonchev–Trinajstić information content (AvgIpc) is 2.28. The molecule has 0 N–H and O–H groups in total. The Morgan fingerprint density at radius 2 is 1.93 bits per heavy atom. The number of hydrogen-bond donors (Lipinski definition) is 0. The molecule has 0 atom stereocenters. The van der Waals surface area contributed by atoms with E-state index in [4.69, 9.17) is 5.26 Å². The predicted octanol–water partition coefficient (Wildman–Crippen LogP) is 2.12. The lowest BCUT2D eigenvalue weighted by Crippen LogP contribution is -1.99. The van der Waals surface area contributed by atoms with E-state index in [-0.39, 0.29) is 16.9 Å². The van der Waals surface area contributed by atoms with Gasteiger partial charge in [0.2, 0.25) is 0 Å². The fourth-order valence-corrected chi connectivity index (χ4v) is 0.901. The van der Waals surface area contributed by atoms with Crippen molar-refractivity contribution in [2.24, 2.45) is 10.4 Å². The molecule has 15 heavy (non-hydrogen) atoms. The molecule has 1 rings (SSSR count). The molecule has 1 aromatic rings. The quantitative estimate of drug-likeness (QED) is 0.426. The third-order valence-corrected chi connectivity index (χ3v) is 1.55. The van der Waals surface area contributed by atoms with E-state index in [0.29, 0.717) is 0 Å². The lowest BCUT2D eigenvalue weighted by molar-refractivity contribution is 0.0685. The first kappa shape index (κ1) is 10.5. The number of carbonyl (C=O) groups is 1. The van der Waals surface area contributed by atoms with E-state index in [1.807, 2.05) is 0 Å². The molecular weight excluding hydrogens is 202 g/mol. The molecule has 1 aromatic carbocycles. The van der Waals surface area contributed by atoms with Crippen LogP contribution >= 0.6 is 0 Å². The summed E-state index contributed by atoms with van der Waals surface area (Å²) in [5.41, 5.74) is -0.519. The maximum atomic E-state index is 11.0. The minimum absolute atomic E-state index is 0.0569. The Bertz CT molecular complexity index is 463. The molecule has 0 aromatic heterocycles. The van der Waals surface area contributed by atoms with E-state index in [1.165, 1.54) is 12.3 Å². The molecule has 0 unspecified atom stereocenters. The minimum atomic E-state index is -0.931. The summed E-state index contributed by atoms with van der Waals surface area (Å²) in [6.45, 7) is 0. The van der Waals surface area contributed by atoms with Gasteiger partial charge in [-0.15, -0.1) is 15.1 Å². The van der Waals surface area contributed by atoms with Crippen LogP contribution in [0.2, 0.25) is 0 Å². The molecule has 0 saturated heterocycles. The van der Waals surface area contributed by atoms with Crippen LogP contribution in [0.15, 0.2) is 28.6 Å². The van der Waals surface area contributed by atoms with Crippen molar-refractivity contribution in [3.63, 3.8) is 0 Å². The number of nitriles is 1. The molecule has 0 saturated carbocycles.